The predicted molar refractivity (Wildman–Crippen MR) is 82.6 cm³/mol. The van der Waals surface area contributed by atoms with Crippen LogP contribution < -0.4 is 5.32 Å². The maximum atomic E-state index is 12.2. The van der Waals surface area contributed by atoms with Gasteiger partial charge in [0.15, 0.2) is 0 Å². The van der Waals surface area contributed by atoms with Crippen molar-refractivity contribution in [1.29, 1.82) is 0 Å². The molecule has 1 atom stereocenters. The van der Waals surface area contributed by atoms with E-state index >= 15 is 0 Å². The topological polar surface area (TPSA) is 58.6 Å². The number of nitrogens with one attached hydrogen (secondary N) is 1. The molecule has 2 rings (SSSR count). The summed E-state index contributed by atoms with van der Waals surface area (Å²) in [5, 5.41) is 2.92. The summed E-state index contributed by atoms with van der Waals surface area (Å²) in [4.78, 5) is 26.8. The number of likely N-dealkylation sites (tertiary alicyclic amines) is 1. The Hall–Kier alpha value is -1.53. The highest BCUT2D eigenvalue weighted by molar-refractivity contribution is 7.98. The van der Waals surface area contributed by atoms with Crippen LogP contribution in [-0.4, -0.2) is 55.8 Å². The second-order valence-electron chi connectivity index (χ2n) is 4.94. The first kappa shape index (κ1) is 15.9. The Balaban J connectivity index is 1.89. The van der Waals surface area contributed by atoms with Gasteiger partial charge in [-0.2, -0.15) is 0 Å². The zero-order valence-electron chi connectivity index (χ0n) is 12.3. The molecule has 0 bridgehead atoms. The van der Waals surface area contributed by atoms with Gasteiger partial charge in [0.1, 0.15) is 0 Å². The molecule has 0 radical (unpaired) electrons. The number of ether oxygens (including phenoxy) is 1. The van der Waals surface area contributed by atoms with Gasteiger partial charge in [0.25, 0.3) is 5.91 Å². The van der Waals surface area contributed by atoms with Gasteiger partial charge in [-0.1, -0.05) is 0 Å². The fourth-order valence-electron chi connectivity index (χ4n) is 2.30. The standard InChI is InChI=1S/C15H20N2O3S/c1-20-8-7-17-10-12(9-14(17)18)16-15(19)11-3-5-13(21-2)6-4-11/h3-6,12H,7-10H2,1-2H3,(H,16,19)/t12-/m0/s1. The Bertz CT molecular complexity index is 504. The van der Waals surface area contributed by atoms with E-state index in [0.717, 1.165) is 4.90 Å². The zero-order chi connectivity index (χ0) is 15.2. The van der Waals surface area contributed by atoms with Crippen LogP contribution in [0.25, 0.3) is 0 Å². The SMILES string of the molecule is COCCN1C[C@@H](NC(=O)c2ccc(SC)cc2)CC1=O. The molecule has 5 nitrogen and oxygen atoms in total. The molecule has 0 aromatic heterocycles. The number of methoxy groups -OCH3 is 1. The number of carbonyl (C=O) groups is 2. The van der Waals surface area contributed by atoms with E-state index in [1.54, 1.807) is 35.9 Å². The molecule has 1 saturated heterocycles. The first-order valence-corrected chi connectivity index (χ1v) is 8.08. The number of rotatable bonds is 6. The molecule has 2 amide bonds. The Morgan fingerprint density at radius 3 is 2.76 bits per heavy atom. The summed E-state index contributed by atoms with van der Waals surface area (Å²) >= 11 is 1.64. The monoisotopic (exact) mass is 308 g/mol. The van der Waals surface area contributed by atoms with E-state index in [1.165, 1.54) is 0 Å². The zero-order valence-corrected chi connectivity index (χ0v) is 13.1. The average Bonchev–Trinajstić information content (AvgIpc) is 2.84. The van der Waals surface area contributed by atoms with E-state index in [0.29, 0.717) is 31.7 Å². The molecule has 1 heterocycles. The lowest BCUT2D eigenvalue weighted by molar-refractivity contribution is -0.128. The molecule has 1 aromatic carbocycles. The van der Waals surface area contributed by atoms with Crippen molar-refractivity contribution >= 4 is 23.6 Å². The van der Waals surface area contributed by atoms with Crippen molar-refractivity contribution in [2.45, 2.75) is 17.4 Å². The van der Waals surface area contributed by atoms with Crippen LogP contribution in [0.3, 0.4) is 0 Å². The summed E-state index contributed by atoms with van der Waals surface area (Å²) < 4.78 is 4.98. The van der Waals surface area contributed by atoms with Gasteiger partial charge in [-0.05, 0) is 30.5 Å². The Kier molecular flexibility index (Phi) is 5.64. The molecule has 1 fully saturated rings. The Morgan fingerprint density at radius 1 is 1.43 bits per heavy atom. The van der Waals surface area contributed by atoms with Gasteiger partial charge in [0.05, 0.1) is 12.6 Å². The third-order valence-electron chi connectivity index (χ3n) is 3.47. The van der Waals surface area contributed by atoms with Crippen LogP contribution in [0.5, 0.6) is 0 Å². The third-order valence-corrected chi connectivity index (χ3v) is 4.21. The minimum atomic E-state index is -0.131. The normalized spacial score (nSPS) is 18.1. The second-order valence-corrected chi connectivity index (χ2v) is 5.82. The molecule has 0 saturated carbocycles. The summed E-state index contributed by atoms with van der Waals surface area (Å²) in [5.74, 6) is -0.0656. The van der Waals surface area contributed by atoms with E-state index < -0.39 is 0 Å². The van der Waals surface area contributed by atoms with Crippen LogP contribution in [0, 0.1) is 0 Å². The quantitative estimate of drug-likeness (QED) is 0.807. The highest BCUT2D eigenvalue weighted by Crippen LogP contribution is 2.16. The number of nitrogens with zero attached hydrogens (tertiary/aromatic N) is 1. The number of hydrogen-bond donors (Lipinski definition) is 1. The van der Waals surface area contributed by atoms with Gasteiger partial charge in [-0.3, -0.25) is 9.59 Å². The minimum absolute atomic E-state index is 0.0649. The van der Waals surface area contributed by atoms with Crippen LogP contribution in [0.2, 0.25) is 0 Å². The second kappa shape index (κ2) is 7.47. The van der Waals surface area contributed by atoms with Crippen molar-refractivity contribution in [1.82, 2.24) is 10.2 Å². The minimum Gasteiger partial charge on any atom is -0.383 e. The van der Waals surface area contributed by atoms with Gasteiger partial charge >= 0.3 is 0 Å². The number of amides is 2. The summed E-state index contributed by atoms with van der Waals surface area (Å²) in [6.45, 7) is 1.64. The Labute approximate surface area is 129 Å². The van der Waals surface area contributed by atoms with Crippen molar-refractivity contribution in [2.75, 3.05) is 33.1 Å². The van der Waals surface area contributed by atoms with Gasteiger partial charge < -0.3 is 15.0 Å². The first-order chi connectivity index (χ1) is 10.1. The summed E-state index contributed by atoms with van der Waals surface area (Å²) in [5.41, 5.74) is 0.621. The lowest BCUT2D eigenvalue weighted by Gasteiger charge is -2.16. The fraction of sp³-hybridized carbons (Fsp3) is 0.467. The van der Waals surface area contributed by atoms with E-state index in [4.69, 9.17) is 4.74 Å². The smallest absolute Gasteiger partial charge is 0.251 e. The van der Waals surface area contributed by atoms with E-state index in [2.05, 4.69) is 5.32 Å². The lowest BCUT2D eigenvalue weighted by atomic mass is 10.2. The molecule has 1 aliphatic rings. The summed E-state index contributed by atoms with van der Waals surface area (Å²) in [6.07, 6.45) is 2.35. The molecule has 114 valence electrons. The largest absolute Gasteiger partial charge is 0.383 e. The van der Waals surface area contributed by atoms with Crippen molar-refractivity contribution in [3.8, 4) is 0 Å². The maximum Gasteiger partial charge on any atom is 0.251 e. The van der Waals surface area contributed by atoms with E-state index in [1.807, 2.05) is 18.4 Å². The highest BCUT2D eigenvalue weighted by Gasteiger charge is 2.30. The van der Waals surface area contributed by atoms with Crippen LogP contribution in [-0.2, 0) is 9.53 Å². The highest BCUT2D eigenvalue weighted by atomic mass is 32.2. The molecule has 1 aromatic rings. The van der Waals surface area contributed by atoms with Gasteiger partial charge in [0.2, 0.25) is 5.91 Å². The summed E-state index contributed by atoms with van der Waals surface area (Å²) in [7, 11) is 1.61. The maximum absolute atomic E-state index is 12.2. The van der Waals surface area contributed by atoms with Crippen LogP contribution in [0.1, 0.15) is 16.8 Å². The average molecular weight is 308 g/mol. The van der Waals surface area contributed by atoms with E-state index in [-0.39, 0.29) is 17.9 Å². The molecule has 6 heteroatoms. The number of carbonyl (C=O) groups excluding carboxylic acids is 2. The van der Waals surface area contributed by atoms with Crippen LogP contribution >= 0.6 is 11.8 Å². The van der Waals surface area contributed by atoms with Gasteiger partial charge in [0, 0.05) is 37.1 Å². The van der Waals surface area contributed by atoms with Crippen molar-refractivity contribution in [3.63, 3.8) is 0 Å². The third kappa shape index (κ3) is 4.22. The molecular formula is C15H20N2O3S. The van der Waals surface area contributed by atoms with Crippen molar-refractivity contribution in [2.24, 2.45) is 0 Å². The molecule has 0 unspecified atom stereocenters. The van der Waals surface area contributed by atoms with Crippen molar-refractivity contribution < 1.29 is 14.3 Å². The van der Waals surface area contributed by atoms with Crippen LogP contribution in [0.15, 0.2) is 29.2 Å². The van der Waals surface area contributed by atoms with Crippen LogP contribution in [0.4, 0.5) is 0 Å². The molecule has 0 aliphatic carbocycles. The molecule has 1 aliphatic heterocycles. The van der Waals surface area contributed by atoms with Gasteiger partial charge in [-0.15, -0.1) is 11.8 Å². The first-order valence-electron chi connectivity index (χ1n) is 6.85. The van der Waals surface area contributed by atoms with Crippen molar-refractivity contribution in [3.05, 3.63) is 29.8 Å². The Morgan fingerprint density at radius 2 is 2.14 bits per heavy atom. The number of benzene rings is 1. The number of thioether (sulfide) groups is 1. The molecule has 1 N–H and O–H groups in total. The molecule has 21 heavy (non-hydrogen) atoms. The summed E-state index contributed by atoms with van der Waals surface area (Å²) in [6, 6.07) is 7.33. The van der Waals surface area contributed by atoms with E-state index in [9.17, 15) is 9.59 Å². The lowest BCUT2D eigenvalue weighted by Crippen LogP contribution is -2.37. The predicted octanol–water partition coefficient (Wildman–Crippen LogP) is 1.39. The fourth-order valence-corrected chi connectivity index (χ4v) is 2.71. The number of hydrogen-bond acceptors (Lipinski definition) is 4. The molecular weight excluding hydrogens is 288 g/mol. The molecule has 0 spiro atoms. The van der Waals surface area contributed by atoms with Gasteiger partial charge in [-0.25, -0.2) is 0 Å².